The lowest BCUT2D eigenvalue weighted by molar-refractivity contribution is 0.102. The van der Waals surface area contributed by atoms with E-state index in [2.05, 4.69) is 33.4 Å². The van der Waals surface area contributed by atoms with Crippen molar-refractivity contribution in [1.29, 1.82) is 0 Å². The summed E-state index contributed by atoms with van der Waals surface area (Å²) < 4.78 is 5.14. The molecule has 0 saturated carbocycles. The molecule has 0 unspecified atom stereocenters. The van der Waals surface area contributed by atoms with Crippen LogP contribution in [-0.2, 0) is 6.42 Å². The van der Waals surface area contributed by atoms with Gasteiger partial charge in [-0.05, 0) is 54.8 Å². The Bertz CT molecular complexity index is 1020. The second-order valence-corrected chi connectivity index (χ2v) is 6.99. The van der Waals surface area contributed by atoms with Crippen molar-refractivity contribution in [1.82, 2.24) is 4.98 Å². The van der Waals surface area contributed by atoms with E-state index < -0.39 is 0 Å². The normalized spacial score (nSPS) is 13.0. The van der Waals surface area contributed by atoms with Crippen molar-refractivity contribution in [2.24, 2.45) is 0 Å². The van der Waals surface area contributed by atoms with Crippen LogP contribution in [0.5, 0.6) is 5.75 Å². The Morgan fingerprint density at radius 3 is 2.86 bits per heavy atom. The van der Waals surface area contributed by atoms with Crippen LogP contribution in [0.3, 0.4) is 0 Å². The van der Waals surface area contributed by atoms with Crippen molar-refractivity contribution >= 4 is 34.6 Å². The molecule has 0 bridgehead atoms. The maximum absolute atomic E-state index is 12.7. The molecule has 0 aliphatic carbocycles. The van der Waals surface area contributed by atoms with E-state index in [0.29, 0.717) is 22.2 Å². The fraction of sp³-hybridized carbons (Fsp3) is 0.182. The number of rotatable bonds is 4. The topological polar surface area (TPSA) is 54.5 Å². The number of halogens is 1. The van der Waals surface area contributed by atoms with Crippen LogP contribution >= 0.6 is 11.6 Å². The summed E-state index contributed by atoms with van der Waals surface area (Å²) in [6, 6.07) is 17.2. The maximum Gasteiger partial charge on any atom is 0.274 e. The highest BCUT2D eigenvalue weighted by Gasteiger charge is 2.19. The van der Waals surface area contributed by atoms with Gasteiger partial charge in [0, 0.05) is 29.8 Å². The Kier molecular flexibility index (Phi) is 5.17. The average Bonchev–Trinajstić information content (AvgIpc) is 2.73. The van der Waals surface area contributed by atoms with E-state index in [-0.39, 0.29) is 5.91 Å². The number of aryl methyl sites for hydroxylation is 1. The second kappa shape index (κ2) is 7.90. The van der Waals surface area contributed by atoms with Gasteiger partial charge in [0.15, 0.2) is 0 Å². The molecule has 0 spiro atoms. The summed E-state index contributed by atoms with van der Waals surface area (Å²) in [5.41, 5.74) is 4.41. The van der Waals surface area contributed by atoms with Gasteiger partial charge >= 0.3 is 0 Å². The molecule has 1 aromatic heterocycles. The van der Waals surface area contributed by atoms with Gasteiger partial charge in [0.05, 0.1) is 12.1 Å². The molecule has 4 rings (SSSR count). The van der Waals surface area contributed by atoms with E-state index in [4.69, 9.17) is 16.3 Å². The number of nitrogens with one attached hydrogen (secondary N) is 1. The van der Waals surface area contributed by atoms with Crippen LogP contribution < -0.4 is 15.0 Å². The largest absolute Gasteiger partial charge is 0.495 e. The van der Waals surface area contributed by atoms with E-state index in [1.807, 2.05) is 18.2 Å². The molecule has 0 atom stereocenters. The Balaban J connectivity index is 1.57. The first-order chi connectivity index (χ1) is 13.7. The molecule has 1 N–H and O–H groups in total. The van der Waals surface area contributed by atoms with Gasteiger partial charge in [0.2, 0.25) is 0 Å². The first kappa shape index (κ1) is 18.3. The number of carbonyl (C=O) groups is 1. The Morgan fingerprint density at radius 2 is 2.04 bits per heavy atom. The standard InChI is InChI=1S/C22H20ClN3O2/c1-28-21-9-8-16(13-18(21)23)25-22(27)19-14-17(10-11-24-19)26-12-4-6-15-5-2-3-7-20(15)26/h2-3,5,7-11,13-14H,4,6,12H2,1H3,(H,25,27). The van der Waals surface area contributed by atoms with Crippen molar-refractivity contribution in [2.75, 3.05) is 23.9 Å². The molecule has 1 amide bonds. The summed E-state index contributed by atoms with van der Waals surface area (Å²) in [6.07, 6.45) is 3.82. The minimum absolute atomic E-state index is 0.284. The van der Waals surface area contributed by atoms with Crippen LogP contribution in [0.1, 0.15) is 22.5 Å². The number of nitrogens with zero attached hydrogens (tertiary/aromatic N) is 2. The molecule has 2 heterocycles. The fourth-order valence-electron chi connectivity index (χ4n) is 3.45. The molecule has 5 nitrogen and oxygen atoms in total. The van der Waals surface area contributed by atoms with Gasteiger partial charge in [-0.3, -0.25) is 9.78 Å². The lowest BCUT2D eigenvalue weighted by atomic mass is 10.0. The monoisotopic (exact) mass is 393 g/mol. The fourth-order valence-corrected chi connectivity index (χ4v) is 3.71. The van der Waals surface area contributed by atoms with E-state index >= 15 is 0 Å². The number of carbonyl (C=O) groups excluding carboxylic acids is 1. The number of hydrogen-bond donors (Lipinski definition) is 1. The van der Waals surface area contributed by atoms with E-state index in [9.17, 15) is 4.79 Å². The van der Waals surface area contributed by atoms with Crippen molar-refractivity contribution in [3.05, 3.63) is 77.1 Å². The van der Waals surface area contributed by atoms with E-state index in [1.165, 1.54) is 11.3 Å². The molecule has 0 saturated heterocycles. The molecule has 0 fully saturated rings. The van der Waals surface area contributed by atoms with Crippen molar-refractivity contribution in [3.8, 4) is 5.75 Å². The van der Waals surface area contributed by atoms with Gasteiger partial charge in [-0.2, -0.15) is 0 Å². The molecular formula is C22H20ClN3O2. The van der Waals surface area contributed by atoms with Crippen LogP contribution in [0, 0.1) is 0 Å². The third-order valence-electron chi connectivity index (χ3n) is 4.81. The number of anilines is 3. The summed E-state index contributed by atoms with van der Waals surface area (Å²) in [5.74, 6) is 0.275. The third-order valence-corrected chi connectivity index (χ3v) is 5.10. The van der Waals surface area contributed by atoms with Gasteiger partial charge < -0.3 is 15.0 Å². The molecule has 28 heavy (non-hydrogen) atoms. The van der Waals surface area contributed by atoms with Gasteiger partial charge in [-0.1, -0.05) is 29.8 Å². The van der Waals surface area contributed by atoms with Crippen LogP contribution in [0.2, 0.25) is 5.02 Å². The summed E-state index contributed by atoms with van der Waals surface area (Å²) in [6.45, 7) is 0.913. The summed E-state index contributed by atoms with van der Waals surface area (Å²) in [4.78, 5) is 19.2. The predicted molar refractivity (Wildman–Crippen MR) is 112 cm³/mol. The number of methoxy groups -OCH3 is 1. The number of pyridine rings is 1. The zero-order valence-corrected chi connectivity index (χ0v) is 16.2. The van der Waals surface area contributed by atoms with Crippen LogP contribution in [0.15, 0.2) is 60.8 Å². The summed E-state index contributed by atoms with van der Waals surface area (Å²) >= 11 is 6.14. The minimum Gasteiger partial charge on any atom is -0.495 e. The lowest BCUT2D eigenvalue weighted by Crippen LogP contribution is -2.25. The van der Waals surface area contributed by atoms with Crippen molar-refractivity contribution < 1.29 is 9.53 Å². The highest BCUT2D eigenvalue weighted by Crippen LogP contribution is 2.33. The maximum atomic E-state index is 12.7. The minimum atomic E-state index is -0.284. The zero-order valence-electron chi connectivity index (χ0n) is 15.5. The number of fused-ring (bicyclic) bond motifs is 1. The number of aromatic nitrogens is 1. The molecule has 2 aromatic carbocycles. The Morgan fingerprint density at radius 1 is 1.18 bits per heavy atom. The smallest absolute Gasteiger partial charge is 0.274 e. The van der Waals surface area contributed by atoms with Gasteiger partial charge in [0.1, 0.15) is 11.4 Å². The summed E-state index contributed by atoms with van der Waals surface area (Å²) in [7, 11) is 1.55. The quantitative estimate of drug-likeness (QED) is 0.671. The van der Waals surface area contributed by atoms with Crippen molar-refractivity contribution in [3.63, 3.8) is 0 Å². The Hall–Kier alpha value is -3.05. The SMILES string of the molecule is COc1ccc(NC(=O)c2cc(N3CCCc4ccccc43)ccn2)cc1Cl. The van der Waals surface area contributed by atoms with Gasteiger partial charge in [-0.15, -0.1) is 0 Å². The number of para-hydroxylation sites is 1. The molecule has 142 valence electrons. The lowest BCUT2D eigenvalue weighted by Gasteiger charge is -2.31. The number of amides is 1. The predicted octanol–water partition coefficient (Wildman–Crippen LogP) is 5.08. The van der Waals surface area contributed by atoms with Gasteiger partial charge in [0.25, 0.3) is 5.91 Å². The second-order valence-electron chi connectivity index (χ2n) is 6.59. The molecule has 3 aromatic rings. The first-order valence-electron chi connectivity index (χ1n) is 9.12. The Labute approximate surface area is 168 Å². The number of ether oxygens (including phenoxy) is 1. The number of benzene rings is 2. The number of hydrogen-bond acceptors (Lipinski definition) is 4. The molecule has 1 aliphatic rings. The van der Waals surface area contributed by atoms with Crippen LogP contribution in [0.4, 0.5) is 17.1 Å². The molecule has 0 radical (unpaired) electrons. The van der Waals surface area contributed by atoms with Crippen LogP contribution in [0.25, 0.3) is 0 Å². The molecule has 1 aliphatic heterocycles. The zero-order chi connectivity index (χ0) is 19.5. The summed E-state index contributed by atoms with van der Waals surface area (Å²) in [5, 5.41) is 3.28. The molecule has 6 heteroatoms. The highest BCUT2D eigenvalue weighted by molar-refractivity contribution is 6.32. The highest BCUT2D eigenvalue weighted by atomic mass is 35.5. The van der Waals surface area contributed by atoms with Crippen molar-refractivity contribution in [2.45, 2.75) is 12.8 Å². The van der Waals surface area contributed by atoms with Crippen LogP contribution in [-0.4, -0.2) is 24.5 Å². The van der Waals surface area contributed by atoms with E-state index in [0.717, 1.165) is 25.1 Å². The first-order valence-corrected chi connectivity index (χ1v) is 9.50. The average molecular weight is 394 g/mol. The third kappa shape index (κ3) is 3.66. The van der Waals surface area contributed by atoms with Gasteiger partial charge in [-0.25, -0.2) is 0 Å². The van der Waals surface area contributed by atoms with E-state index in [1.54, 1.807) is 31.5 Å². The molecular weight excluding hydrogens is 374 g/mol.